The number of hydrogen-bond acceptors (Lipinski definition) is 2. The van der Waals surface area contributed by atoms with Crippen LogP contribution in [0.4, 0.5) is 0 Å². The molecular formula is C15H19NO2. The molecule has 0 atom stereocenters. The van der Waals surface area contributed by atoms with Crippen LogP contribution >= 0.6 is 0 Å². The van der Waals surface area contributed by atoms with E-state index in [0.29, 0.717) is 6.61 Å². The number of amides is 1. The Balaban J connectivity index is 1.80. The quantitative estimate of drug-likeness (QED) is 0.761. The van der Waals surface area contributed by atoms with Gasteiger partial charge in [-0.25, -0.2) is 5.06 Å². The van der Waals surface area contributed by atoms with Crippen molar-refractivity contribution in [2.45, 2.75) is 38.5 Å². The van der Waals surface area contributed by atoms with E-state index in [1.165, 1.54) is 29.0 Å². The number of hydrogen-bond donors (Lipinski definition) is 0. The summed E-state index contributed by atoms with van der Waals surface area (Å²) >= 11 is 0. The topological polar surface area (TPSA) is 29.5 Å². The van der Waals surface area contributed by atoms with E-state index in [0.717, 1.165) is 37.8 Å². The van der Waals surface area contributed by atoms with Crippen LogP contribution in [0.2, 0.25) is 0 Å². The van der Waals surface area contributed by atoms with Gasteiger partial charge in [-0.1, -0.05) is 6.07 Å². The lowest BCUT2D eigenvalue weighted by atomic mass is 9.90. The predicted molar refractivity (Wildman–Crippen MR) is 69.3 cm³/mol. The maximum Gasteiger partial charge on any atom is 0.277 e. The largest absolute Gasteiger partial charge is 0.277 e. The molecule has 2 aliphatic rings. The standard InChI is InChI=1S/C15H19NO2/c17-15(16-9-3-4-10-18-16)14-8-7-12-5-1-2-6-13(12)11-14/h7-8,11H,1-6,9-10H2. The molecule has 1 amide bonds. The number of hydroxylamine groups is 2. The third-order valence-corrected chi connectivity index (χ3v) is 3.82. The third-order valence-electron chi connectivity index (χ3n) is 3.82. The van der Waals surface area contributed by atoms with Gasteiger partial charge in [-0.3, -0.25) is 9.63 Å². The molecular weight excluding hydrogens is 226 g/mol. The molecule has 1 fully saturated rings. The van der Waals surface area contributed by atoms with Crippen LogP contribution in [0.1, 0.15) is 47.2 Å². The molecule has 0 N–H and O–H groups in total. The van der Waals surface area contributed by atoms with Crippen molar-refractivity contribution in [2.75, 3.05) is 13.2 Å². The van der Waals surface area contributed by atoms with Gasteiger partial charge in [-0.05, 0) is 61.8 Å². The third kappa shape index (κ3) is 2.27. The second-order valence-electron chi connectivity index (χ2n) is 5.14. The predicted octanol–water partition coefficient (Wildman–Crippen LogP) is 2.73. The van der Waals surface area contributed by atoms with Gasteiger partial charge in [0.2, 0.25) is 0 Å². The molecule has 0 radical (unpaired) electrons. The van der Waals surface area contributed by atoms with Gasteiger partial charge in [-0.2, -0.15) is 0 Å². The summed E-state index contributed by atoms with van der Waals surface area (Å²) in [6.07, 6.45) is 6.87. The Morgan fingerprint density at radius 1 is 1.06 bits per heavy atom. The van der Waals surface area contributed by atoms with Crippen LogP contribution in [0.5, 0.6) is 0 Å². The number of fused-ring (bicyclic) bond motifs is 1. The van der Waals surface area contributed by atoms with Crippen molar-refractivity contribution >= 4 is 5.91 Å². The van der Waals surface area contributed by atoms with E-state index in [-0.39, 0.29) is 5.91 Å². The van der Waals surface area contributed by atoms with Crippen molar-refractivity contribution in [1.82, 2.24) is 5.06 Å². The highest BCUT2D eigenvalue weighted by Crippen LogP contribution is 2.23. The summed E-state index contributed by atoms with van der Waals surface area (Å²) < 4.78 is 0. The Bertz CT molecular complexity index is 450. The number of carbonyl (C=O) groups excluding carboxylic acids is 1. The zero-order valence-electron chi connectivity index (χ0n) is 10.7. The molecule has 1 heterocycles. The van der Waals surface area contributed by atoms with Gasteiger partial charge in [0, 0.05) is 12.1 Å². The van der Waals surface area contributed by atoms with Crippen LogP contribution < -0.4 is 0 Å². The van der Waals surface area contributed by atoms with Crippen LogP contribution in [0.3, 0.4) is 0 Å². The van der Waals surface area contributed by atoms with E-state index in [2.05, 4.69) is 12.1 Å². The monoisotopic (exact) mass is 245 g/mol. The van der Waals surface area contributed by atoms with Crippen molar-refractivity contribution in [3.63, 3.8) is 0 Å². The normalized spacial score (nSPS) is 19.4. The van der Waals surface area contributed by atoms with E-state index >= 15 is 0 Å². The number of aryl methyl sites for hydroxylation is 2. The van der Waals surface area contributed by atoms with Crippen LogP contribution in [-0.4, -0.2) is 24.1 Å². The maximum absolute atomic E-state index is 12.3. The van der Waals surface area contributed by atoms with Crippen LogP contribution in [0.25, 0.3) is 0 Å². The first-order valence-corrected chi connectivity index (χ1v) is 6.91. The smallest absolute Gasteiger partial charge is 0.271 e. The summed E-state index contributed by atoms with van der Waals surface area (Å²) in [6.45, 7) is 1.38. The van der Waals surface area contributed by atoms with Crippen LogP contribution in [-0.2, 0) is 17.7 Å². The number of nitrogens with zero attached hydrogens (tertiary/aromatic N) is 1. The van der Waals surface area contributed by atoms with Crippen molar-refractivity contribution in [2.24, 2.45) is 0 Å². The van der Waals surface area contributed by atoms with Gasteiger partial charge in [-0.15, -0.1) is 0 Å². The Hall–Kier alpha value is -1.35. The van der Waals surface area contributed by atoms with Crippen molar-refractivity contribution in [3.05, 3.63) is 34.9 Å². The lowest BCUT2D eigenvalue weighted by Crippen LogP contribution is -2.35. The summed E-state index contributed by atoms with van der Waals surface area (Å²) in [5.74, 6) is 0.0167. The summed E-state index contributed by atoms with van der Waals surface area (Å²) in [7, 11) is 0. The summed E-state index contributed by atoms with van der Waals surface area (Å²) in [5, 5.41) is 1.52. The fourth-order valence-corrected chi connectivity index (χ4v) is 2.77. The summed E-state index contributed by atoms with van der Waals surface area (Å²) in [4.78, 5) is 17.7. The van der Waals surface area contributed by atoms with E-state index in [1.807, 2.05) is 6.07 Å². The van der Waals surface area contributed by atoms with E-state index in [4.69, 9.17) is 4.84 Å². The molecule has 1 aromatic carbocycles. The SMILES string of the molecule is O=C(c1ccc2c(c1)CCCC2)N1CCCCO1. The van der Waals surface area contributed by atoms with Gasteiger partial charge in [0.1, 0.15) is 0 Å². The second kappa shape index (κ2) is 5.11. The molecule has 3 rings (SSSR count). The Kier molecular flexibility index (Phi) is 3.33. The summed E-state index contributed by atoms with van der Waals surface area (Å²) in [6, 6.07) is 6.13. The Morgan fingerprint density at radius 2 is 1.89 bits per heavy atom. The zero-order chi connectivity index (χ0) is 12.4. The fourth-order valence-electron chi connectivity index (χ4n) is 2.77. The zero-order valence-corrected chi connectivity index (χ0v) is 10.7. The molecule has 0 spiro atoms. The molecule has 0 aromatic heterocycles. The van der Waals surface area contributed by atoms with E-state index < -0.39 is 0 Å². The van der Waals surface area contributed by atoms with E-state index in [9.17, 15) is 4.79 Å². The molecule has 18 heavy (non-hydrogen) atoms. The van der Waals surface area contributed by atoms with E-state index in [1.54, 1.807) is 0 Å². The highest BCUT2D eigenvalue weighted by molar-refractivity contribution is 5.93. The molecule has 3 heteroatoms. The first-order chi connectivity index (χ1) is 8.84. The minimum Gasteiger partial charge on any atom is -0.271 e. The number of rotatable bonds is 1. The maximum atomic E-state index is 12.3. The summed E-state index contributed by atoms with van der Waals surface area (Å²) in [5.41, 5.74) is 3.54. The second-order valence-corrected chi connectivity index (χ2v) is 5.14. The average molecular weight is 245 g/mol. The van der Waals surface area contributed by atoms with Crippen molar-refractivity contribution in [1.29, 1.82) is 0 Å². The molecule has 1 aliphatic carbocycles. The molecule has 0 bridgehead atoms. The van der Waals surface area contributed by atoms with Crippen LogP contribution in [0.15, 0.2) is 18.2 Å². The molecule has 0 saturated carbocycles. The van der Waals surface area contributed by atoms with Crippen molar-refractivity contribution < 1.29 is 9.63 Å². The van der Waals surface area contributed by atoms with Gasteiger partial charge in [0.05, 0.1) is 6.61 Å². The molecule has 0 unspecified atom stereocenters. The number of carbonyl (C=O) groups is 1. The molecule has 1 aliphatic heterocycles. The van der Waals surface area contributed by atoms with Gasteiger partial charge >= 0.3 is 0 Å². The Morgan fingerprint density at radius 3 is 2.67 bits per heavy atom. The van der Waals surface area contributed by atoms with Crippen LogP contribution in [0, 0.1) is 0 Å². The van der Waals surface area contributed by atoms with Gasteiger partial charge in [0.15, 0.2) is 0 Å². The Labute approximate surface area is 108 Å². The number of benzene rings is 1. The first-order valence-electron chi connectivity index (χ1n) is 6.91. The average Bonchev–Trinajstić information content (AvgIpc) is 2.47. The van der Waals surface area contributed by atoms with Gasteiger partial charge < -0.3 is 0 Å². The fraction of sp³-hybridized carbons (Fsp3) is 0.533. The van der Waals surface area contributed by atoms with Gasteiger partial charge in [0.25, 0.3) is 5.91 Å². The van der Waals surface area contributed by atoms with Crippen molar-refractivity contribution in [3.8, 4) is 0 Å². The highest BCUT2D eigenvalue weighted by atomic mass is 16.7. The molecule has 96 valence electrons. The highest BCUT2D eigenvalue weighted by Gasteiger charge is 2.20. The lowest BCUT2D eigenvalue weighted by Gasteiger charge is -2.26. The minimum absolute atomic E-state index is 0.0167. The molecule has 1 aromatic rings. The molecule has 3 nitrogen and oxygen atoms in total. The first kappa shape index (κ1) is 11.7. The molecule has 1 saturated heterocycles. The lowest BCUT2D eigenvalue weighted by molar-refractivity contribution is -0.144. The minimum atomic E-state index is 0.0167.